The van der Waals surface area contributed by atoms with Crippen LogP contribution in [0, 0.1) is 0 Å². The first kappa shape index (κ1) is 29.4. The summed E-state index contributed by atoms with van der Waals surface area (Å²) >= 11 is 5.78. The zero-order valence-electron chi connectivity index (χ0n) is 18.5. The van der Waals surface area contributed by atoms with E-state index < -0.39 is 21.8 Å². The van der Waals surface area contributed by atoms with E-state index in [0.717, 1.165) is 6.54 Å². The number of carbonyl (C=O) groups excluding carboxylic acids is 1. The molecule has 12 heteroatoms. The fourth-order valence-corrected chi connectivity index (χ4v) is 3.55. The van der Waals surface area contributed by atoms with Crippen molar-refractivity contribution in [3.05, 3.63) is 41.4 Å². The molecule has 0 unspecified atom stereocenters. The summed E-state index contributed by atoms with van der Waals surface area (Å²) in [7, 11) is 0.382. The van der Waals surface area contributed by atoms with Crippen molar-refractivity contribution in [1.29, 1.82) is 0 Å². The van der Waals surface area contributed by atoms with Crippen molar-refractivity contribution >= 4 is 39.4 Å². The number of rotatable bonds is 10. The van der Waals surface area contributed by atoms with Crippen LogP contribution in [-0.2, 0) is 19.4 Å². The van der Waals surface area contributed by atoms with Gasteiger partial charge in [-0.05, 0) is 52.2 Å². The molecule has 1 aromatic rings. The summed E-state index contributed by atoms with van der Waals surface area (Å²) in [6, 6.07) is 5.71. The Balaban J connectivity index is 0.00000102. The lowest BCUT2D eigenvalue weighted by Gasteiger charge is -2.27. The summed E-state index contributed by atoms with van der Waals surface area (Å²) in [6.45, 7) is 5.09. The zero-order valence-corrected chi connectivity index (χ0v) is 20.1. The van der Waals surface area contributed by atoms with Gasteiger partial charge in [-0.1, -0.05) is 11.6 Å². The number of hydrogen-bond donors (Lipinski definition) is 3. The lowest BCUT2D eigenvalue weighted by molar-refractivity contribution is -0.134. The Morgan fingerprint density at radius 1 is 1.03 bits per heavy atom. The number of likely N-dealkylation sites (N-methyl/N-ethyl adjacent to an activating group) is 1. The lowest BCUT2D eigenvalue weighted by Crippen LogP contribution is -2.47. The van der Waals surface area contributed by atoms with Gasteiger partial charge in [0.05, 0.1) is 10.6 Å². The molecule has 0 radical (unpaired) electrons. The number of amides is 2. The number of halogens is 1. The average molecular weight is 492 g/mol. The normalized spacial score (nSPS) is 11.2. The van der Waals surface area contributed by atoms with Gasteiger partial charge in [0, 0.05) is 42.9 Å². The smallest absolute Gasteiger partial charge is 0.328 e. The number of nitrogens with one attached hydrogen (secondary N) is 1. The molecule has 0 aliphatic rings. The van der Waals surface area contributed by atoms with Crippen LogP contribution < -0.4 is 5.32 Å². The van der Waals surface area contributed by atoms with E-state index >= 15 is 0 Å². The first-order valence-corrected chi connectivity index (χ1v) is 11.6. The number of aliphatic carboxylic acids is 2. The van der Waals surface area contributed by atoms with Gasteiger partial charge >= 0.3 is 18.0 Å². The largest absolute Gasteiger partial charge is 0.478 e. The standard InChI is InChI=1S/C16H26ClN3O3S.C4H4O4/c1-13(2)20(16(21)18-9-10-19(3)4)11-12-24(22,23)15-7-5-14(17)6-8-15;5-3(6)1-2-4(7)8/h5-8,13H,9-12H2,1-4H3,(H,18,21);1-2H,(H,5,6)(H,7,8). The Morgan fingerprint density at radius 2 is 1.53 bits per heavy atom. The number of urea groups is 1. The van der Waals surface area contributed by atoms with Crippen molar-refractivity contribution in [3.8, 4) is 0 Å². The van der Waals surface area contributed by atoms with Crippen molar-refractivity contribution in [3.63, 3.8) is 0 Å². The van der Waals surface area contributed by atoms with Gasteiger partial charge in [0.15, 0.2) is 9.84 Å². The molecule has 0 atom stereocenters. The highest BCUT2D eigenvalue weighted by Crippen LogP contribution is 2.16. The topological polar surface area (TPSA) is 144 Å². The molecule has 1 rings (SSSR count). The van der Waals surface area contributed by atoms with Crippen molar-refractivity contribution in [2.45, 2.75) is 24.8 Å². The second-order valence-electron chi connectivity index (χ2n) is 7.10. The minimum Gasteiger partial charge on any atom is -0.478 e. The molecule has 0 spiro atoms. The first-order chi connectivity index (χ1) is 14.8. The Morgan fingerprint density at radius 3 is 1.94 bits per heavy atom. The summed E-state index contributed by atoms with van der Waals surface area (Å²) in [5.74, 6) is -2.65. The van der Waals surface area contributed by atoms with E-state index in [1.165, 1.54) is 17.0 Å². The maximum atomic E-state index is 12.4. The quantitative estimate of drug-likeness (QED) is 0.420. The van der Waals surface area contributed by atoms with Gasteiger partial charge in [-0.3, -0.25) is 0 Å². The van der Waals surface area contributed by atoms with Crippen LogP contribution in [0.1, 0.15) is 13.8 Å². The zero-order chi connectivity index (χ0) is 24.9. The Labute approximate surface area is 193 Å². The summed E-state index contributed by atoms with van der Waals surface area (Å²) in [4.78, 5) is 35.1. The van der Waals surface area contributed by atoms with E-state index in [1.807, 2.05) is 32.8 Å². The predicted octanol–water partition coefficient (Wildman–Crippen LogP) is 1.81. The molecule has 2 amide bonds. The van der Waals surface area contributed by atoms with Crippen LogP contribution in [0.3, 0.4) is 0 Å². The molecule has 0 aromatic heterocycles. The number of sulfone groups is 1. The molecular formula is C20H30ClN3O7S. The van der Waals surface area contributed by atoms with E-state index in [9.17, 15) is 22.8 Å². The van der Waals surface area contributed by atoms with Crippen LogP contribution in [0.15, 0.2) is 41.3 Å². The van der Waals surface area contributed by atoms with Crippen molar-refractivity contribution in [1.82, 2.24) is 15.1 Å². The number of carboxylic acid groups (broad SMARTS) is 2. The minimum atomic E-state index is -3.46. The highest BCUT2D eigenvalue weighted by Gasteiger charge is 2.21. The van der Waals surface area contributed by atoms with E-state index in [-0.39, 0.29) is 29.3 Å². The van der Waals surface area contributed by atoms with Crippen LogP contribution in [0.5, 0.6) is 0 Å². The third kappa shape index (κ3) is 12.9. The summed E-state index contributed by atoms with van der Waals surface area (Å²) in [6.07, 6.45) is 1.12. The highest BCUT2D eigenvalue weighted by atomic mass is 35.5. The summed E-state index contributed by atoms with van der Waals surface area (Å²) in [5.41, 5.74) is 0. The maximum Gasteiger partial charge on any atom is 0.328 e. The third-order valence-electron chi connectivity index (χ3n) is 3.86. The van der Waals surface area contributed by atoms with E-state index in [4.69, 9.17) is 21.8 Å². The van der Waals surface area contributed by atoms with Crippen molar-refractivity contribution in [2.24, 2.45) is 0 Å². The van der Waals surface area contributed by atoms with Crippen molar-refractivity contribution < 1.29 is 33.0 Å². The SMILES string of the molecule is CC(C)N(CCS(=O)(=O)c1ccc(Cl)cc1)C(=O)NCCN(C)C.O=C(O)C=CC(=O)O. The average Bonchev–Trinajstić information content (AvgIpc) is 2.66. The van der Waals surface area contributed by atoms with Crippen molar-refractivity contribution in [2.75, 3.05) is 39.5 Å². The van der Waals surface area contributed by atoms with Crippen LogP contribution in [0.25, 0.3) is 0 Å². The van der Waals surface area contributed by atoms with Crippen LogP contribution in [0.4, 0.5) is 4.79 Å². The minimum absolute atomic E-state index is 0.0928. The number of benzene rings is 1. The molecule has 180 valence electrons. The Kier molecular flexibility index (Phi) is 13.2. The molecule has 0 aliphatic carbocycles. The van der Waals surface area contributed by atoms with Crippen LogP contribution in [-0.4, -0.2) is 91.9 Å². The molecule has 0 saturated carbocycles. The van der Waals surface area contributed by atoms with Gasteiger partial charge in [0.2, 0.25) is 0 Å². The molecule has 3 N–H and O–H groups in total. The second-order valence-corrected chi connectivity index (χ2v) is 9.65. The van der Waals surface area contributed by atoms with Crippen LogP contribution >= 0.6 is 11.6 Å². The highest BCUT2D eigenvalue weighted by molar-refractivity contribution is 7.91. The molecule has 0 saturated heterocycles. The summed E-state index contributed by atoms with van der Waals surface area (Å²) in [5, 5.41) is 18.9. The fraction of sp³-hybridized carbons (Fsp3) is 0.450. The molecular weight excluding hydrogens is 462 g/mol. The lowest BCUT2D eigenvalue weighted by atomic mass is 10.3. The predicted molar refractivity (Wildman–Crippen MR) is 122 cm³/mol. The van der Waals surface area contributed by atoms with E-state index in [0.29, 0.717) is 23.7 Å². The van der Waals surface area contributed by atoms with Gasteiger partial charge in [-0.25, -0.2) is 22.8 Å². The van der Waals surface area contributed by atoms with Gasteiger partial charge in [0.25, 0.3) is 0 Å². The number of carbonyl (C=O) groups is 3. The molecule has 0 heterocycles. The van der Waals surface area contributed by atoms with Gasteiger partial charge in [-0.2, -0.15) is 0 Å². The first-order valence-electron chi connectivity index (χ1n) is 9.57. The number of nitrogens with zero attached hydrogens (tertiary/aromatic N) is 2. The van der Waals surface area contributed by atoms with E-state index in [2.05, 4.69) is 5.32 Å². The Hall–Kier alpha value is -2.63. The molecule has 32 heavy (non-hydrogen) atoms. The summed E-state index contributed by atoms with van der Waals surface area (Å²) < 4.78 is 24.8. The molecule has 0 aliphatic heterocycles. The third-order valence-corrected chi connectivity index (χ3v) is 5.82. The second kappa shape index (κ2) is 14.4. The number of carboxylic acids is 2. The van der Waals surface area contributed by atoms with E-state index in [1.54, 1.807) is 12.1 Å². The van der Waals surface area contributed by atoms with Gasteiger partial charge in [0.1, 0.15) is 0 Å². The van der Waals surface area contributed by atoms with Crippen LogP contribution in [0.2, 0.25) is 5.02 Å². The Bertz CT molecular complexity index is 869. The number of hydrogen-bond acceptors (Lipinski definition) is 6. The monoisotopic (exact) mass is 491 g/mol. The molecule has 1 aromatic carbocycles. The maximum absolute atomic E-state index is 12.4. The molecule has 0 fully saturated rings. The molecule has 10 nitrogen and oxygen atoms in total. The molecule has 0 bridgehead atoms. The fourth-order valence-electron chi connectivity index (χ4n) is 2.20. The van der Waals surface area contributed by atoms with Gasteiger partial charge < -0.3 is 25.3 Å². The van der Waals surface area contributed by atoms with Gasteiger partial charge in [-0.15, -0.1) is 0 Å².